The zero-order valence-electron chi connectivity index (χ0n) is 5.73. The van der Waals surface area contributed by atoms with Crippen LogP contribution in [0.15, 0.2) is 0 Å². The molecule has 0 aromatic heterocycles. The van der Waals surface area contributed by atoms with E-state index in [1.807, 2.05) is 0 Å². The summed E-state index contributed by atoms with van der Waals surface area (Å²) in [5.74, 6) is 0. The van der Waals surface area contributed by atoms with Gasteiger partial charge in [0.05, 0.1) is 0 Å². The first-order chi connectivity index (χ1) is 3.91. The van der Waals surface area contributed by atoms with Crippen LogP contribution in [-0.4, -0.2) is 13.1 Å². The molecule has 0 bridgehead atoms. The molecule has 0 heterocycles. The SMILES string of the molecule is NCCCCCCN.[Co]. The molecule has 0 aliphatic carbocycles. The molecular weight excluding hydrogens is 159 g/mol. The number of hydrogen-bond donors (Lipinski definition) is 2. The van der Waals surface area contributed by atoms with E-state index < -0.39 is 0 Å². The second kappa shape index (κ2) is 11.3. The molecule has 0 rings (SSSR count). The monoisotopic (exact) mass is 175 g/mol. The van der Waals surface area contributed by atoms with Crippen molar-refractivity contribution in [1.82, 2.24) is 0 Å². The smallest absolute Gasteiger partial charge is 0 e. The van der Waals surface area contributed by atoms with Gasteiger partial charge in [-0.05, 0) is 25.9 Å². The molecular formula is C6H16CoN2. The first-order valence-electron chi connectivity index (χ1n) is 3.32. The van der Waals surface area contributed by atoms with Crippen LogP contribution in [0.4, 0.5) is 0 Å². The molecule has 0 aliphatic heterocycles. The number of hydrogen-bond acceptors (Lipinski definition) is 2. The van der Waals surface area contributed by atoms with Crippen LogP contribution in [0.3, 0.4) is 0 Å². The van der Waals surface area contributed by atoms with Crippen LogP contribution >= 0.6 is 0 Å². The zero-order valence-corrected chi connectivity index (χ0v) is 6.77. The first-order valence-corrected chi connectivity index (χ1v) is 3.32. The van der Waals surface area contributed by atoms with E-state index in [9.17, 15) is 0 Å². The number of unbranched alkanes of at least 4 members (excludes halogenated alkanes) is 3. The van der Waals surface area contributed by atoms with Gasteiger partial charge in [-0.15, -0.1) is 0 Å². The minimum atomic E-state index is 0. The fourth-order valence-electron chi connectivity index (χ4n) is 0.642. The Bertz CT molecular complexity index is 36.0. The maximum absolute atomic E-state index is 5.28. The molecule has 3 heteroatoms. The molecule has 0 unspecified atom stereocenters. The van der Waals surface area contributed by atoms with Gasteiger partial charge in [-0.2, -0.15) is 0 Å². The van der Waals surface area contributed by atoms with Gasteiger partial charge in [0.1, 0.15) is 0 Å². The van der Waals surface area contributed by atoms with E-state index in [2.05, 4.69) is 0 Å². The molecule has 0 aromatic carbocycles. The minimum Gasteiger partial charge on any atom is -0.330 e. The Labute approximate surface area is 67.6 Å². The third-order valence-corrected chi connectivity index (χ3v) is 1.16. The average molecular weight is 175 g/mol. The molecule has 0 aliphatic rings. The summed E-state index contributed by atoms with van der Waals surface area (Å²) < 4.78 is 0. The van der Waals surface area contributed by atoms with Crippen molar-refractivity contribution >= 4 is 0 Å². The standard InChI is InChI=1S/C6H16N2.Co/c7-5-3-1-2-4-6-8;/h1-8H2;. The molecule has 4 N–H and O–H groups in total. The van der Waals surface area contributed by atoms with Gasteiger partial charge in [0.15, 0.2) is 0 Å². The molecule has 0 atom stereocenters. The Kier molecular flexibility index (Phi) is 15.2. The quantitative estimate of drug-likeness (QED) is 0.596. The van der Waals surface area contributed by atoms with E-state index >= 15 is 0 Å². The van der Waals surface area contributed by atoms with Crippen molar-refractivity contribution in [1.29, 1.82) is 0 Å². The van der Waals surface area contributed by atoms with Crippen LogP contribution in [0.1, 0.15) is 25.7 Å². The number of nitrogens with two attached hydrogens (primary N) is 2. The third-order valence-electron chi connectivity index (χ3n) is 1.16. The zero-order chi connectivity index (χ0) is 6.24. The van der Waals surface area contributed by atoms with Crippen LogP contribution in [0.5, 0.6) is 0 Å². The molecule has 0 saturated heterocycles. The van der Waals surface area contributed by atoms with Crippen LogP contribution in [0.25, 0.3) is 0 Å². The molecule has 0 aromatic rings. The van der Waals surface area contributed by atoms with Crippen molar-refractivity contribution in [3.63, 3.8) is 0 Å². The van der Waals surface area contributed by atoms with Crippen molar-refractivity contribution in [2.75, 3.05) is 13.1 Å². The van der Waals surface area contributed by atoms with Crippen LogP contribution in [0, 0.1) is 0 Å². The summed E-state index contributed by atoms with van der Waals surface area (Å²) in [5.41, 5.74) is 10.6. The van der Waals surface area contributed by atoms with Crippen molar-refractivity contribution in [3.05, 3.63) is 0 Å². The minimum absolute atomic E-state index is 0. The van der Waals surface area contributed by atoms with Crippen LogP contribution in [-0.2, 0) is 16.8 Å². The van der Waals surface area contributed by atoms with Gasteiger partial charge < -0.3 is 11.5 Å². The fourth-order valence-corrected chi connectivity index (χ4v) is 0.642. The normalized spacial score (nSPS) is 8.67. The molecule has 1 radical (unpaired) electrons. The van der Waals surface area contributed by atoms with Crippen molar-refractivity contribution in [3.8, 4) is 0 Å². The van der Waals surface area contributed by atoms with Gasteiger partial charge >= 0.3 is 0 Å². The van der Waals surface area contributed by atoms with Crippen molar-refractivity contribution < 1.29 is 16.8 Å². The molecule has 9 heavy (non-hydrogen) atoms. The Hall–Kier alpha value is 0.426. The molecule has 0 saturated carbocycles. The Morgan fingerprint density at radius 2 is 1.00 bits per heavy atom. The van der Waals surface area contributed by atoms with Gasteiger partial charge in [-0.25, -0.2) is 0 Å². The first kappa shape index (κ1) is 12.1. The maximum atomic E-state index is 5.28. The van der Waals surface area contributed by atoms with Crippen LogP contribution < -0.4 is 11.5 Å². The Morgan fingerprint density at radius 1 is 0.667 bits per heavy atom. The fraction of sp³-hybridized carbons (Fsp3) is 1.00. The molecule has 0 spiro atoms. The van der Waals surface area contributed by atoms with Gasteiger partial charge in [-0.3, -0.25) is 0 Å². The topological polar surface area (TPSA) is 52.0 Å². The molecule has 59 valence electrons. The second-order valence-corrected chi connectivity index (χ2v) is 1.99. The Balaban J connectivity index is 0. The summed E-state index contributed by atoms with van der Waals surface area (Å²) in [6, 6.07) is 0. The maximum Gasteiger partial charge on any atom is 0 e. The molecule has 2 nitrogen and oxygen atoms in total. The van der Waals surface area contributed by atoms with E-state index in [1.165, 1.54) is 12.8 Å². The molecule has 0 fully saturated rings. The van der Waals surface area contributed by atoms with Gasteiger partial charge in [0.25, 0.3) is 0 Å². The summed E-state index contributed by atoms with van der Waals surface area (Å²) in [7, 11) is 0. The molecule has 0 amide bonds. The predicted octanol–water partition coefficient (Wildman–Crippen LogP) is 0.462. The second-order valence-electron chi connectivity index (χ2n) is 1.99. The summed E-state index contributed by atoms with van der Waals surface area (Å²) >= 11 is 0. The Morgan fingerprint density at radius 3 is 1.22 bits per heavy atom. The summed E-state index contributed by atoms with van der Waals surface area (Å²) in [4.78, 5) is 0. The van der Waals surface area contributed by atoms with Gasteiger partial charge in [-0.1, -0.05) is 12.8 Å². The van der Waals surface area contributed by atoms with Crippen molar-refractivity contribution in [2.24, 2.45) is 11.5 Å². The average Bonchev–Trinajstić information content (AvgIpc) is 1.81. The van der Waals surface area contributed by atoms with E-state index in [1.54, 1.807) is 0 Å². The predicted molar refractivity (Wildman–Crippen MR) is 36.6 cm³/mol. The summed E-state index contributed by atoms with van der Waals surface area (Å²) in [5, 5.41) is 0. The van der Waals surface area contributed by atoms with E-state index in [0.29, 0.717) is 0 Å². The largest absolute Gasteiger partial charge is 0.330 e. The number of rotatable bonds is 5. The van der Waals surface area contributed by atoms with E-state index in [-0.39, 0.29) is 16.8 Å². The van der Waals surface area contributed by atoms with E-state index in [4.69, 9.17) is 11.5 Å². The summed E-state index contributed by atoms with van der Waals surface area (Å²) in [6.45, 7) is 1.65. The third kappa shape index (κ3) is 11.8. The van der Waals surface area contributed by atoms with Gasteiger partial charge in [0.2, 0.25) is 0 Å². The van der Waals surface area contributed by atoms with Crippen LogP contribution in [0.2, 0.25) is 0 Å². The van der Waals surface area contributed by atoms with Crippen molar-refractivity contribution in [2.45, 2.75) is 25.7 Å². The van der Waals surface area contributed by atoms with E-state index in [0.717, 1.165) is 25.9 Å². The van der Waals surface area contributed by atoms with Gasteiger partial charge in [0, 0.05) is 16.8 Å². The summed E-state index contributed by atoms with van der Waals surface area (Å²) in [6.07, 6.45) is 4.79.